The molecule has 3 nitrogen and oxygen atoms in total. The lowest BCUT2D eigenvalue weighted by atomic mass is 10.2. The molecule has 1 aromatic heterocycles. The Kier molecular flexibility index (Phi) is 4.12. The van der Waals surface area contributed by atoms with E-state index in [0.717, 1.165) is 25.6 Å². The summed E-state index contributed by atoms with van der Waals surface area (Å²) < 4.78 is 1.12. The first-order valence-corrected chi connectivity index (χ1v) is 6.96. The van der Waals surface area contributed by atoms with Crippen molar-refractivity contribution in [3.63, 3.8) is 0 Å². The van der Waals surface area contributed by atoms with Gasteiger partial charge in [-0.25, -0.2) is 0 Å². The van der Waals surface area contributed by atoms with Crippen molar-refractivity contribution in [1.29, 1.82) is 0 Å². The Morgan fingerprint density at radius 3 is 2.94 bits per heavy atom. The maximum absolute atomic E-state index is 5.97. The number of halogens is 2. The summed E-state index contributed by atoms with van der Waals surface area (Å²) in [5.74, 6) is 0. The smallest absolute Gasteiger partial charge is 0.148 e. The van der Waals surface area contributed by atoms with Crippen molar-refractivity contribution in [2.75, 3.05) is 6.54 Å². The molecule has 0 aliphatic heterocycles. The van der Waals surface area contributed by atoms with Crippen molar-refractivity contribution in [2.45, 2.75) is 6.42 Å². The van der Waals surface area contributed by atoms with Crippen LogP contribution in [0.2, 0.25) is 5.02 Å². The summed E-state index contributed by atoms with van der Waals surface area (Å²) in [6.45, 7) is 0.598. The minimum Gasteiger partial charge on any atom is -0.330 e. The lowest BCUT2D eigenvalue weighted by molar-refractivity contribution is 0.913. The first kappa shape index (κ1) is 12.2. The van der Waals surface area contributed by atoms with Gasteiger partial charge in [0.25, 0.3) is 0 Å². The van der Waals surface area contributed by atoms with Gasteiger partial charge in [0.05, 0.1) is 0 Å². The average molecular weight is 366 g/mol. The fraction of sp³-hybridized carbons (Fsp3) is 0.200. The van der Waals surface area contributed by atoms with Crippen LogP contribution in [0.25, 0.3) is 10.6 Å². The fourth-order valence-corrected chi connectivity index (χ4v) is 3.08. The highest BCUT2D eigenvalue weighted by Gasteiger charge is 2.09. The fourth-order valence-electron chi connectivity index (χ4n) is 1.25. The lowest BCUT2D eigenvalue weighted by Gasteiger charge is -1.99. The molecule has 0 fully saturated rings. The predicted molar refractivity (Wildman–Crippen MR) is 75.8 cm³/mol. The standard InChI is InChI=1S/C10H9ClIN3S/c11-6-1-2-8(12)7(5-6)10-15-14-9(16-10)3-4-13/h1-2,5H,3-4,13H2. The van der Waals surface area contributed by atoms with Crippen LogP contribution >= 0.6 is 45.5 Å². The van der Waals surface area contributed by atoms with Crippen LogP contribution in [0.5, 0.6) is 0 Å². The monoisotopic (exact) mass is 365 g/mol. The third kappa shape index (κ3) is 2.71. The van der Waals surface area contributed by atoms with E-state index in [9.17, 15) is 0 Å². The van der Waals surface area contributed by atoms with Gasteiger partial charge < -0.3 is 5.73 Å². The van der Waals surface area contributed by atoms with E-state index in [1.165, 1.54) is 0 Å². The van der Waals surface area contributed by atoms with Crippen molar-refractivity contribution in [3.8, 4) is 10.6 Å². The first-order valence-electron chi connectivity index (χ1n) is 4.68. The molecule has 2 N–H and O–H groups in total. The molecule has 0 unspecified atom stereocenters. The van der Waals surface area contributed by atoms with Crippen LogP contribution in [0.15, 0.2) is 18.2 Å². The van der Waals surface area contributed by atoms with Crippen LogP contribution in [-0.2, 0) is 6.42 Å². The van der Waals surface area contributed by atoms with Crippen LogP contribution in [0.3, 0.4) is 0 Å². The number of hydrogen-bond acceptors (Lipinski definition) is 4. The SMILES string of the molecule is NCCc1nnc(-c2cc(Cl)ccc2I)s1. The zero-order valence-corrected chi connectivity index (χ0v) is 12.0. The molecule has 2 rings (SSSR count). The molecule has 0 radical (unpaired) electrons. The molecule has 6 heteroatoms. The topological polar surface area (TPSA) is 51.8 Å². The van der Waals surface area contributed by atoms with E-state index < -0.39 is 0 Å². The van der Waals surface area contributed by atoms with Crippen molar-refractivity contribution in [2.24, 2.45) is 5.73 Å². The van der Waals surface area contributed by atoms with Gasteiger partial charge in [0.15, 0.2) is 0 Å². The number of rotatable bonds is 3. The largest absolute Gasteiger partial charge is 0.330 e. The van der Waals surface area contributed by atoms with Gasteiger partial charge in [0.1, 0.15) is 10.0 Å². The van der Waals surface area contributed by atoms with Crippen molar-refractivity contribution in [3.05, 3.63) is 31.8 Å². The van der Waals surface area contributed by atoms with E-state index in [2.05, 4.69) is 32.8 Å². The molecular weight excluding hydrogens is 357 g/mol. The van der Waals surface area contributed by atoms with E-state index in [-0.39, 0.29) is 0 Å². The molecule has 1 heterocycles. The molecule has 0 amide bonds. The Hall–Kier alpha value is -0.240. The number of aromatic nitrogens is 2. The lowest BCUT2D eigenvalue weighted by Crippen LogP contribution is -2.01. The number of nitrogens with zero attached hydrogens (tertiary/aromatic N) is 2. The van der Waals surface area contributed by atoms with E-state index in [1.54, 1.807) is 11.3 Å². The van der Waals surface area contributed by atoms with Crippen LogP contribution in [-0.4, -0.2) is 16.7 Å². The molecule has 0 saturated heterocycles. The number of benzene rings is 1. The van der Waals surface area contributed by atoms with Gasteiger partial charge in [-0.05, 0) is 47.3 Å². The highest BCUT2D eigenvalue weighted by atomic mass is 127. The van der Waals surface area contributed by atoms with Crippen LogP contribution < -0.4 is 5.73 Å². The van der Waals surface area contributed by atoms with Gasteiger partial charge in [0.2, 0.25) is 0 Å². The molecule has 0 aliphatic rings. The molecule has 0 aliphatic carbocycles. The van der Waals surface area contributed by atoms with Gasteiger partial charge in [-0.15, -0.1) is 10.2 Å². The molecule has 2 aromatic rings. The van der Waals surface area contributed by atoms with Crippen LogP contribution in [0.4, 0.5) is 0 Å². The molecule has 84 valence electrons. The Labute approximate surface area is 116 Å². The second-order valence-electron chi connectivity index (χ2n) is 3.16. The molecule has 0 bridgehead atoms. The van der Waals surface area contributed by atoms with E-state index >= 15 is 0 Å². The second-order valence-corrected chi connectivity index (χ2v) is 5.82. The Morgan fingerprint density at radius 1 is 1.38 bits per heavy atom. The Balaban J connectivity index is 2.38. The van der Waals surface area contributed by atoms with E-state index in [1.807, 2.05) is 18.2 Å². The Morgan fingerprint density at radius 2 is 2.19 bits per heavy atom. The molecule has 0 spiro atoms. The number of hydrogen-bond donors (Lipinski definition) is 1. The number of nitrogens with two attached hydrogens (primary N) is 1. The molecule has 16 heavy (non-hydrogen) atoms. The normalized spacial score (nSPS) is 10.7. The zero-order valence-electron chi connectivity index (χ0n) is 8.28. The highest BCUT2D eigenvalue weighted by molar-refractivity contribution is 14.1. The van der Waals surface area contributed by atoms with Gasteiger partial charge in [-0.1, -0.05) is 22.9 Å². The zero-order chi connectivity index (χ0) is 11.5. The molecule has 0 saturated carbocycles. The summed E-state index contributed by atoms with van der Waals surface area (Å²) in [5.41, 5.74) is 6.51. The third-order valence-corrected chi connectivity index (χ3v) is 4.18. The van der Waals surface area contributed by atoms with E-state index in [4.69, 9.17) is 17.3 Å². The van der Waals surface area contributed by atoms with E-state index in [0.29, 0.717) is 11.6 Å². The maximum Gasteiger partial charge on any atom is 0.148 e. The minimum absolute atomic E-state index is 0.598. The molecule has 1 aromatic carbocycles. The summed E-state index contributed by atoms with van der Waals surface area (Å²) in [5, 5.41) is 10.8. The van der Waals surface area contributed by atoms with Gasteiger partial charge in [-0.2, -0.15) is 0 Å². The van der Waals surface area contributed by atoms with Crippen molar-refractivity contribution < 1.29 is 0 Å². The average Bonchev–Trinajstić information content (AvgIpc) is 2.71. The highest BCUT2D eigenvalue weighted by Crippen LogP contribution is 2.30. The molecular formula is C10H9ClIN3S. The summed E-state index contributed by atoms with van der Waals surface area (Å²) in [4.78, 5) is 0. The van der Waals surface area contributed by atoms with Crippen molar-refractivity contribution in [1.82, 2.24) is 10.2 Å². The minimum atomic E-state index is 0.598. The third-order valence-electron chi connectivity index (χ3n) is 1.98. The van der Waals surface area contributed by atoms with Crippen LogP contribution in [0, 0.1) is 3.57 Å². The van der Waals surface area contributed by atoms with Gasteiger partial charge >= 0.3 is 0 Å². The second kappa shape index (κ2) is 5.39. The quantitative estimate of drug-likeness (QED) is 0.851. The summed E-state index contributed by atoms with van der Waals surface area (Å²) in [7, 11) is 0. The molecule has 0 atom stereocenters. The van der Waals surface area contributed by atoms with Gasteiger partial charge in [-0.3, -0.25) is 0 Å². The van der Waals surface area contributed by atoms with Crippen LogP contribution in [0.1, 0.15) is 5.01 Å². The first-order chi connectivity index (χ1) is 7.70. The van der Waals surface area contributed by atoms with Gasteiger partial charge in [0, 0.05) is 20.6 Å². The van der Waals surface area contributed by atoms with Crippen molar-refractivity contribution >= 4 is 45.5 Å². The summed E-state index contributed by atoms with van der Waals surface area (Å²) >= 11 is 9.80. The maximum atomic E-state index is 5.97. The Bertz CT molecular complexity index is 501. The summed E-state index contributed by atoms with van der Waals surface area (Å²) in [6, 6.07) is 5.76. The predicted octanol–water partition coefficient (Wildman–Crippen LogP) is 2.96. The summed E-state index contributed by atoms with van der Waals surface area (Å²) in [6.07, 6.45) is 0.773.